The molecule has 0 aliphatic rings. The van der Waals surface area contributed by atoms with Crippen molar-refractivity contribution >= 4 is 10.9 Å². The van der Waals surface area contributed by atoms with Crippen LogP contribution in [0.2, 0.25) is 0 Å². The lowest BCUT2D eigenvalue weighted by Crippen LogP contribution is -2.25. The highest BCUT2D eigenvalue weighted by molar-refractivity contribution is 5.82. The maximum atomic E-state index is 9.96. The van der Waals surface area contributed by atoms with E-state index in [0.29, 0.717) is 6.42 Å². The third-order valence-electron chi connectivity index (χ3n) is 3.84. The second-order valence-corrected chi connectivity index (χ2v) is 5.39. The van der Waals surface area contributed by atoms with Gasteiger partial charge in [0, 0.05) is 18.3 Å². The molecule has 0 spiro atoms. The lowest BCUT2D eigenvalue weighted by atomic mass is 10.0. The fourth-order valence-corrected chi connectivity index (χ4v) is 2.61. The summed E-state index contributed by atoms with van der Waals surface area (Å²) in [6.45, 7) is 1.61. The third kappa shape index (κ3) is 2.71. The Balaban J connectivity index is 2.06. The van der Waals surface area contributed by atoms with Crippen LogP contribution < -0.4 is 0 Å². The summed E-state index contributed by atoms with van der Waals surface area (Å²) in [4.78, 5) is 0. The largest absolute Gasteiger partial charge is 0.391 e. The van der Waals surface area contributed by atoms with E-state index in [1.807, 2.05) is 42.6 Å². The number of hydrogen-bond acceptors (Lipinski definition) is 2. The monoisotopic (exact) mass is 281 g/mol. The molecule has 0 saturated heterocycles. The molecule has 0 fully saturated rings. The molecule has 1 aromatic heterocycles. The zero-order valence-corrected chi connectivity index (χ0v) is 12.0. The van der Waals surface area contributed by atoms with Crippen molar-refractivity contribution in [2.24, 2.45) is 0 Å². The minimum Gasteiger partial charge on any atom is -0.391 e. The summed E-state index contributed by atoms with van der Waals surface area (Å²) in [5, 5.41) is 20.7. The highest BCUT2D eigenvalue weighted by Gasteiger charge is 2.15. The second kappa shape index (κ2) is 5.72. The van der Waals surface area contributed by atoms with E-state index in [1.54, 1.807) is 6.92 Å². The summed E-state index contributed by atoms with van der Waals surface area (Å²) in [7, 11) is 0. The van der Waals surface area contributed by atoms with E-state index in [1.165, 1.54) is 5.39 Å². The van der Waals surface area contributed by atoms with E-state index >= 15 is 0 Å². The van der Waals surface area contributed by atoms with Crippen LogP contribution in [0.1, 0.15) is 12.5 Å². The number of aliphatic hydroxyl groups is 2. The molecule has 108 valence electrons. The van der Waals surface area contributed by atoms with Crippen LogP contribution in [0.4, 0.5) is 0 Å². The van der Waals surface area contributed by atoms with Gasteiger partial charge in [0.1, 0.15) is 0 Å². The predicted molar refractivity (Wildman–Crippen MR) is 84.7 cm³/mol. The first kappa shape index (κ1) is 13.9. The number of hydrogen-bond donors (Lipinski definition) is 2. The van der Waals surface area contributed by atoms with Crippen LogP contribution in [0.15, 0.2) is 60.8 Å². The van der Waals surface area contributed by atoms with Crippen molar-refractivity contribution in [2.75, 3.05) is 0 Å². The van der Waals surface area contributed by atoms with Crippen molar-refractivity contribution in [3.05, 3.63) is 66.4 Å². The minimum absolute atomic E-state index is 0.431. The summed E-state index contributed by atoms with van der Waals surface area (Å²) in [5.41, 5.74) is 3.20. The van der Waals surface area contributed by atoms with Gasteiger partial charge in [-0.15, -0.1) is 0 Å². The van der Waals surface area contributed by atoms with Crippen molar-refractivity contribution in [3.63, 3.8) is 0 Å². The second-order valence-electron chi connectivity index (χ2n) is 5.39. The molecule has 2 aromatic carbocycles. The first-order chi connectivity index (χ1) is 10.2. The normalized spacial score (nSPS) is 14.2. The van der Waals surface area contributed by atoms with Crippen LogP contribution in [-0.2, 0) is 6.42 Å². The highest BCUT2D eigenvalue weighted by Crippen LogP contribution is 2.23. The average molecular weight is 281 g/mol. The Morgan fingerprint density at radius 1 is 0.952 bits per heavy atom. The SMILES string of the molecule is CC(O)C(O)Cc1ccccc1-n1ccc2ccccc21. The molecule has 1 heterocycles. The fraction of sp³-hybridized carbons (Fsp3) is 0.222. The van der Waals surface area contributed by atoms with Gasteiger partial charge in [-0.1, -0.05) is 36.4 Å². The highest BCUT2D eigenvalue weighted by atomic mass is 16.3. The molecule has 2 atom stereocenters. The van der Waals surface area contributed by atoms with Gasteiger partial charge in [-0.2, -0.15) is 0 Å². The summed E-state index contributed by atoms with van der Waals surface area (Å²) < 4.78 is 2.12. The van der Waals surface area contributed by atoms with Gasteiger partial charge < -0.3 is 14.8 Å². The van der Waals surface area contributed by atoms with Crippen molar-refractivity contribution in [1.29, 1.82) is 0 Å². The molecule has 21 heavy (non-hydrogen) atoms. The third-order valence-corrected chi connectivity index (χ3v) is 3.84. The summed E-state index contributed by atoms with van der Waals surface area (Å²) in [6.07, 6.45) is 0.978. The van der Waals surface area contributed by atoms with E-state index in [2.05, 4.69) is 22.8 Å². The molecule has 3 heteroatoms. The Morgan fingerprint density at radius 3 is 2.48 bits per heavy atom. The van der Waals surface area contributed by atoms with Gasteiger partial charge in [0.2, 0.25) is 0 Å². The number of fused-ring (bicyclic) bond motifs is 1. The van der Waals surface area contributed by atoms with Crippen LogP contribution in [0, 0.1) is 0 Å². The van der Waals surface area contributed by atoms with E-state index in [0.717, 1.165) is 16.8 Å². The van der Waals surface area contributed by atoms with Crippen molar-refractivity contribution in [1.82, 2.24) is 4.57 Å². The van der Waals surface area contributed by atoms with Crippen LogP contribution in [0.3, 0.4) is 0 Å². The lowest BCUT2D eigenvalue weighted by Gasteiger charge is -2.17. The molecule has 3 rings (SSSR count). The zero-order valence-electron chi connectivity index (χ0n) is 12.0. The quantitative estimate of drug-likeness (QED) is 0.772. The Hall–Kier alpha value is -2.10. The van der Waals surface area contributed by atoms with Crippen LogP contribution in [-0.4, -0.2) is 27.0 Å². The van der Waals surface area contributed by atoms with Gasteiger partial charge in [-0.3, -0.25) is 0 Å². The van der Waals surface area contributed by atoms with Crippen molar-refractivity contribution in [2.45, 2.75) is 25.6 Å². The summed E-state index contributed by atoms with van der Waals surface area (Å²) in [6, 6.07) is 18.3. The van der Waals surface area contributed by atoms with E-state index < -0.39 is 12.2 Å². The van der Waals surface area contributed by atoms with Crippen molar-refractivity contribution in [3.8, 4) is 5.69 Å². The zero-order chi connectivity index (χ0) is 14.8. The molecule has 0 aliphatic heterocycles. The molecule has 0 bridgehead atoms. The number of para-hydroxylation sites is 2. The Kier molecular flexibility index (Phi) is 3.78. The Labute approximate surface area is 124 Å². The van der Waals surface area contributed by atoms with Gasteiger partial charge in [-0.05, 0) is 36.1 Å². The molecule has 2 N–H and O–H groups in total. The molecule has 0 aliphatic carbocycles. The Bertz CT molecular complexity index is 746. The maximum Gasteiger partial charge on any atom is 0.0837 e. The number of rotatable bonds is 4. The number of benzene rings is 2. The number of aromatic nitrogens is 1. The smallest absolute Gasteiger partial charge is 0.0837 e. The van der Waals surface area contributed by atoms with Crippen LogP contribution >= 0.6 is 0 Å². The fourth-order valence-electron chi connectivity index (χ4n) is 2.61. The maximum absolute atomic E-state index is 9.96. The number of aliphatic hydroxyl groups excluding tert-OH is 2. The van der Waals surface area contributed by atoms with Crippen LogP contribution in [0.5, 0.6) is 0 Å². The summed E-state index contributed by atoms with van der Waals surface area (Å²) in [5.74, 6) is 0. The topological polar surface area (TPSA) is 45.4 Å². The lowest BCUT2D eigenvalue weighted by molar-refractivity contribution is 0.0319. The molecular weight excluding hydrogens is 262 g/mol. The first-order valence-corrected chi connectivity index (χ1v) is 7.17. The molecule has 0 radical (unpaired) electrons. The van der Waals surface area contributed by atoms with Gasteiger partial charge in [0.15, 0.2) is 0 Å². The average Bonchev–Trinajstić information content (AvgIpc) is 2.91. The molecule has 0 amide bonds. The summed E-state index contributed by atoms with van der Waals surface area (Å²) >= 11 is 0. The van der Waals surface area contributed by atoms with E-state index in [9.17, 15) is 10.2 Å². The van der Waals surface area contributed by atoms with Gasteiger partial charge >= 0.3 is 0 Å². The minimum atomic E-state index is -0.757. The molecule has 3 aromatic rings. The van der Waals surface area contributed by atoms with E-state index in [-0.39, 0.29) is 0 Å². The standard InChI is InChI=1S/C18H19NO2/c1-13(20)18(21)12-15-7-3-5-9-17(15)19-11-10-14-6-2-4-8-16(14)19/h2-11,13,18,20-21H,12H2,1H3. The van der Waals surface area contributed by atoms with Crippen molar-refractivity contribution < 1.29 is 10.2 Å². The van der Waals surface area contributed by atoms with Gasteiger partial charge in [0.25, 0.3) is 0 Å². The Morgan fingerprint density at radius 2 is 1.67 bits per heavy atom. The first-order valence-electron chi connectivity index (χ1n) is 7.17. The van der Waals surface area contributed by atoms with Gasteiger partial charge in [-0.25, -0.2) is 0 Å². The molecule has 2 unspecified atom stereocenters. The molecule has 0 saturated carbocycles. The molecule has 3 nitrogen and oxygen atoms in total. The predicted octanol–water partition coefficient (Wildman–Crippen LogP) is 2.91. The van der Waals surface area contributed by atoms with E-state index in [4.69, 9.17) is 0 Å². The van der Waals surface area contributed by atoms with Crippen LogP contribution in [0.25, 0.3) is 16.6 Å². The van der Waals surface area contributed by atoms with Gasteiger partial charge in [0.05, 0.1) is 17.7 Å². The molecular formula is C18H19NO2. The number of nitrogens with zero attached hydrogens (tertiary/aromatic N) is 1.